The molecule has 1 rings (SSSR count). The molecule has 0 amide bonds. The minimum absolute atomic E-state index is 0.110. The molecule has 15 heavy (non-hydrogen) atoms. The van der Waals surface area contributed by atoms with E-state index in [1.807, 2.05) is 0 Å². The normalized spacial score (nSPS) is 13.7. The average molecular weight is 238 g/mol. The third-order valence-electron chi connectivity index (χ3n) is 1.74. The third kappa shape index (κ3) is 2.70. The molecule has 0 aromatic carbocycles. The van der Waals surface area contributed by atoms with Gasteiger partial charge in [0.1, 0.15) is 5.15 Å². The Hall–Kier alpha value is -1.07. The fourth-order valence-corrected chi connectivity index (χ4v) is 1.17. The van der Waals surface area contributed by atoms with Crippen LogP contribution in [0.25, 0.3) is 0 Å². The lowest BCUT2D eigenvalue weighted by atomic mass is 10.1. The molecule has 1 aromatic rings. The highest BCUT2D eigenvalue weighted by atomic mass is 35.5. The van der Waals surface area contributed by atoms with Crippen LogP contribution in [0.4, 0.5) is 13.2 Å². The zero-order chi connectivity index (χ0) is 11.6. The van der Waals surface area contributed by atoms with Gasteiger partial charge in [0.05, 0.1) is 11.7 Å². The van der Waals surface area contributed by atoms with Crippen molar-refractivity contribution in [3.05, 3.63) is 41.2 Å². The molecule has 0 aliphatic heterocycles. The lowest BCUT2D eigenvalue weighted by Crippen LogP contribution is -2.08. The fourth-order valence-electron chi connectivity index (χ4n) is 0.955. The zero-order valence-electron chi connectivity index (χ0n) is 7.42. The Morgan fingerprint density at radius 2 is 2.13 bits per heavy atom. The lowest BCUT2D eigenvalue weighted by Gasteiger charge is -2.11. The Morgan fingerprint density at radius 1 is 1.53 bits per heavy atom. The molecule has 2 nitrogen and oxygen atoms in total. The van der Waals surface area contributed by atoms with Gasteiger partial charge >= 0.3 is 6.18 Å². The predicted molar refractivity (Wildman–Crippen MR) is 49.4 cm³/mol. The maximum absolute atomic E-state index is 12.3. The fraction of sp³-hybridized carbons (Fsp3) is 0.222. The van der Waals surface area contributed by atoms with Crippen molar-refractivity contribution in [3.63, 3.8) is 0 Å². The summed E-state index contributed by atoms with van der Waals surface area (Å²) in [6.45, 7) is 3.25. The van der Waals surface area contributed by atoms with E-state index in [9.17, 15) is 18.3 Å². The molecule has 1 atom stereocenters. The summed E-state index contributed by atoms with van der Waals surface area (Å²) < 4.78 is 36.8. The van der Waals surface area contributed by atoms with Crippen LogP contribution >= 0.6 is 11.6 Å². The van der Waals surface area contributed by atoms with Crippen molar-refractivity contribution < 1.29 is 18.3 Å². The molecular formula is C9H7ClF3NO. The number of aliphatic hydroxyl groups excluding tert-OH is 1. The molecule has 0 bridgehead atoms. The van der Waals surface area contributed by atoms with Gasteiger partial charge in [-0.25, -0.2) is 4.98 Å². The van der Waals surface area contributed by atoms with Crippen LogP contribution in [0.1, 0.15) is 17.2 Å². The quantitative estimate of drug-likeness (QED) is 0.634. The largest absolute Gasteiger partial charge is 0.417 e. The Balaban J connectivity index is 3.22. The van der Waals surface area contributed by atoms with Crippen molar-refractivity contribution in [2.24, 2.45) is 0 Å². The standard InChI is InChI=1S/C9H7ClF3NO/c1-2-7(15)6-3-5(9(11,12)13)4-14-8(6)10/h2-4,7,15H,1H2. The minimum Gasteiger partial charge on any atom is -0.384 e. The number of hydrogen-bond acceptors (Lipinski definition) is 2. The van der Waals surface area contributed by atoms with E-state index in [1.165, 1.54) is 0 Å². The van der Waals surface area contributed by atoms with Crippen LogP contribution in [-0.2, 0) is 6.18 Å². The first-order chi connectivity index (χ1) is 6.86. The van der Waals surface area contributed by atoms with Gasteiger partial charge in [-0.1, -0.05) is 17.7 Å². The Labute approximate surface area is 89.0 Å². The van der Waals surface area contributed by atoms with E-state index in [0.717, 1.165) is 12.1 Å². The van der Waals surface area contributed by atoms with Crippen molar-refractivity contribution in [1.82, 2.24) is 4.98 Å². The lowest BCUT2D eigenvalue weighted by molar-refractivity contribution is -0.137. The highest BCUT2D eigenvalue weighted by Crippen LogP contribution is 2.32. The van der Waals surface area contributed by atoms with Gasteiger partial charge in [-0.2, -0.15) is 13.2 Å². The van der Waals surface area contributed by atoms with Crippen molar-refractivity contribution >= 4 is 11.6 Å². The van der Waals surface area contributed by atoms with Crippen molar-refractivity contribution in [1.29, 1.82) is 0 Å². The first kappa shape index (κ1) is 12.0. The van der Waals surface area contributed by atoms with Crippen LogP contribution in [0.5, 0.6) is 0 Å². The molecule has 82 valence electrons. The van der Waals surface area contributed by atoms with E-state index in [1.54, 1.807) is 0 Å². The number of aliphatic hydroxyl groups is 1. The van der Waals surface area contributed by atoms with E-state index in [4.69, 9.17) is 11.6 Å². The Bertz CT molecular complexity index is 378. The summed E-state index contributed by atoms with van der Waals surface area (Å²) in [6, 6.07) is 0.752. The van der Waals surface area contributed by atoms with E-state index >= 15 is 0 Å². The van der Waals surface area contributed by atoms with Crippen LogP contribution in [0.2, 0.25) is 5.15 Å². The predicted octanol–water partition coefficient (Wildman–Crippen LogP) is 2.97. The molecule has 0 aliphatic rings. The first-order valence-corrected chi connectivity index (χ1v) is 4.27. The number of rotatable bonds is 2. The molecule has 0 saturated heterocycles. The first-order valence-electron chi connectivity index (χ1n) is 3.89. The zero-order valence-corrected chi connectivity index (χ0v) is 8.18. The molecule has 1 aromatic heterocycles. The summed E-state index contributed by atoms with van der Waals surface area (Å²) in [5.74, 6) is 0. The number of pyridine rings is 1. The summed E-state index contributed by atoms with van der Waals surface area (Å²) in [6.07, 6.45) is -4.08. The molecule has 6 heteroatoms. The van der Waals surface area contributed by atoms with E-state index in [2.05, 4.69) is 11.6 Å². The maximum atomic E-state index is 12.3. The Morgan fingerprint density at radius 3 is 2.60 bits per heavy atom. The average Bonchev–Trinajstić information content (AvgIpc) is 2.15. The smallest absolute Gasteiger partial charge is 0.384 e. The van der Waals surface area contributed by atoms with Gasteiger partial charge in [0.2, 0.25) is 0 Å². The molecule has 0 aliphatic carbocycles. The maximum Gasteiger partial charge on any atom is 0.417 e. The van der Waals surface area contributed by atoms with Crippen molar-refractivity contribution in [2.75, 3.05) is 0 Å². The molecule has 0 saturated carbocycles. The molecule has 1 N–H and O–H groups in total. The number of halogens is 4. The number of aromatic nitrogens is 1. The third-order valence-corrected chi connectivity index (χ3v) is 2.05. The SMILES string of the molecule is C=CC(O)c1cc(C(F)(F)F)cnc1Cl. The monoisotopic (exact) mass is 237 g/mol. The van der Waals surface area contributed by atoms with E-state index in [-0.39, 0.29) is 10.7 Å². The second-order valence-electron chi connectivity index (χ2n) is 2.78. The number of hydrogen-bond donors (Lipinski definition) is 1. The van der Waals surface area contributed by atoms with E-state index < -0.39 is 17.8 Å². The molecule has 0 fully saturated rings. The minimum atomic E-state index is -4.51. The van der Waals surface area contributed by atoms with Gasteiger partial charge in [-0.05, 0) is 6.07 Å². The molecule has 1 heterocycles. The molecule has 1 unspecified atom stereocenters. The van der Waals surface area contributed by atoms with Gasteiger partial charge in [0, 0.05) is 11.8 Å². The summed E-state index contributed by atoms with van der Waals surface area (Å²) in [7, 11) is 0. The van der Waals surface area contributed by atoms with Crippen LogP contribution in [0, 0.1) is 0 Å². The van der Waals surface area contributed by atoms with Gasteiger partial charge in [0.15, 0.2) is 0 Å². The number of alkyl halides is 3. The van der Waals surface area contributed by atoms with Crippen LogP contribution in [0.3, 0.4) is 0 Å². The molecule has 0 radical (unpaired) electrons. The summed E-state index contributed by atoms with van der Waals surface area (Å²) in [4.78, 5) is 3.35. The molecular weight excluding hydrogens is 231 g/mol. The second-order valence-corrected chi connectivity index (χ2v) is 3.14. The van der Waals surface area contributed by atoms with E-state index in [0.29, 0.717) is 6.20 Å². The van der Waals surface area contributed by atoms with Crippen molar-refractivity contribution in [2.45, 2.75) is 12.3 Å². The summed E-state index contributed by atoms with van der Waals surface area (Å²) in [5, 5.41) is 9.12. The second kappa shape index (κ2) is 4.20. The van der Waals surface area contributed by atoms with Gasteiger partial charge < -0.3 is 5.11 Å². The van der Waals surface area contributed by atoms with Crippen LogP contribution < -0.4 is 0 Å². The topological polar surface area (TPSA) is 33.1 Å². The Kier molecular flexibility index (Phi) is 3.36. The van der Waals surface area contributed by atoms with Gasteiger partial charge in [0.25, 0.3) is 0 Å². The summed E-state index contributed by atoms with van der Waals surface area (Å²) >= 11 is 5.53. The number of nitrogens with zero attached hydrogens (tertiary/aromatic N) is 1. The van der Waals surface area contributed by atoms with Gasteiger partial charge in [-0.15, -0.1) is 6.58 Å². The van der Waals surface area contributed by atoms with Crippen LogP contribution in [0.15, 0.2) is 24.9 Å². The van der Waals surface area contributed by atoms with Crippen molar-refractivity contribution in [3.8, 4) is 0 Å². The molecule has 0 spiro atoms. The van der Waals surface area contributed by atoms with Gasteiger partial charge in [-0.3, -0.25) is 0 Å². The highest BCUT2D eigenvalue weighted by Gasteiger charge is 2.32. The van der Waals surface area contributed by atoms with Crippen LogP contribution in [-0.4, -0.2) is 10.1 Å². The summed E-state index contributed by atoms with van der Waals surface area (Å²) in [5.41, 5.74) is -1.07. The highest BCUT2D eigenvalue weighted by molar-refractivity contribution is 6.30.